The fourth-order valence-electron chi connectivity index (χ4n) is 1.08. The van der Waals surface area contributed by atoms with Crippen molar-refractivity contribution < 1.29 is 9.84 Å². The highest BCUT2D eigenvalue weighted by molar-refractivity contribution is 4.66. The van der Waals surface area contributed by atoms with Crippen LogP contribution in [0.1, 0.15) is 27.2 Å². The van der Waals surface area contributed by atoms with Gasteiger partial charge in [-0.1, -0.05) is 20.3 Å². The van der Waals surface area contributed by atoms with Crippen molar-refractivity contribution in [2.24, 2.45) is 5.92 Å². The minimum Gasteiger partial charge on any atom is -0.394 e. The van der Waals surface area contributed by atoms with Gasteiger partial charge in [0, 0.05) is 12.6 Å². The molecule has 0 fully saturated rings. The number of hydrogen-bond donors (Lipinski definition) is 2. The van der Waals surface area contributed by atoms with E-state index in [9.17, 15) is 0 Å². The molecule has 0 aromatic heterocycles. The van der Waals surface area contributed by atoms with Crippen molar-refractivity contribution in [3.8, 4) is 0 Å². The van der Waals surface area contributed by atoms with Crippen LogP contribution in [-0.2, 0) is 4.74 Å². The Balaban J connectivity index is 3.21. The van der Waals surface area contributed by atoms with Crippen molar-refractivity contribution in [2.75, 3.05) is 26.4 Å². The lowest BCUT2D eigenvalue weighted by Crippen LogP contribution is -2.34. The molecule has 13 heavy (non-hydrogen) atoms. The lowest BCUT2D eigenvalue weighted by atomic mass is 10.0. The molecule has 0 aromatic carbocycles. The quantitative estimate of drug-likeness (QED) is 0.560. The van der Waals surface area contributed by atoms with E-state index < -0.39 is 0 Å². The topological polar surface area (TPSA) is 41.5 Å². The minimum absolute atomic E-state index is 0.112. The molecule has 0 heterocycles. The summed E-state index contributed by atoms with van der Waals surface area (Å²) in [5.41, 5.74) is 0. The van der Waals surface area contributed by atoms with Gasteiger partial charge in [0.2, 0.25) is 0 Å². The van der Waals surface area contributed by atoms with Crippen LogP contribution in [0.5, 0.6) is 0 Å². The Kier molecular flexibility index (Phi) is 8.40. The highest BCUT2D eigenvalue weighted by atomic mass is 16.5. The van der Waals surface area contributed by atoms with E-state index in [4.69, 9.17) is 9.84 Å². The molecule has 0 radical (unpaired) electrons. The maximum Gasteiger partial charge on any atom is 0.0698 e. The van der Waals surface area contributed by atoms with E-state index in [0.717, 1.165) is 6.54 Å². The summed E-state index contributed by atoms with van der Waals surface area (Å²) >= 11 is 0. The van der Waals surface area contributed by atoms with E-state index in [-0.39, 0.29) is 6.61 Å². The van der Waals surface area contributed by atoms with Crippen molar-refractivity contribution in [1.29, 1.82) is 0 Å². The standard InChI is InChI=1S/C10H23NO2/c1-4-9(2)10(3)11-5-7-13-8-6-12/h9-12H,4-8H2,1-3H3/t9-,10+/m0/s1. The molecule has 0 rings (SSSR count). The minimum atomic E-state index is 0.112. The Morgan fingerprint density at radius 2 is 2.00 bits per heavy atom. The zero-order valence-electron chi connectivity index (χ0n) is 9.05. The lowest BCUT2D eigenvalue weighted by molar-refractivity contribution is 0.0918. The van der Waals surface area contributed by atoms with Gasteiger partial charge in [0.15, 0.2) is 0 Å². The molecule has 0 spiro atoms. The third-order valence-electron chi connectivity index (χ3n) is 2.45. The average Bonchev–Trinajstić information content (AvgIpc) is 2.16. The molecule has 2 N–H and O–H groups in total. The van der Waals surface area contributed by atoms with E-state index in [2.05, 4.69) is 26.1 Å². The molecule has 0 aliphatic rings. The number of ether oxygens (including phenoxy) is 1. The van der Waals surface area contributed by atoms with Gasteiger partial charge in [0.25, 0.3) is 0 Å². The first kappa shape index (κ1) is 12.9. The van der Waals surface area contributed by atoms with Gasteiger partial charge in [0.05, 0.1) is 19.8 Å². The fourth-order valence-corrected chi connectivity index (χ4v) is 1.08. The van der Waals surface area contributed by atoms with Crippen molar-refractivity contribution >= 4 is 0 Å². The Hall–Kier alpha value is -0.120. The van der Waals surface area contributed by atoms with Crippen LogP contribution in [0.4, 0.5) is 0 Å². The lowest BCUT2D eigenvalue weighted by Gasteiger charge is -2.19. The van der Waals surface area contributed by atoms with Crippen LogP contribution < -0.4 is 5.32 Å². The van der Waals surface area contributed by atoms with E-state index in [1.54, 1.807) is 0 Å². The monoisotopic (exact) mass is 189 g/mol. The van der Waals surface area contributed by atoms with Crippen molar-refractivity contribution in [3.63, 3.8) is 0 Å². The second-order valence-corrected chi connectivity index (χ2v) is 3.46. The smallest absolute Gasteiger partial charge is 0.0698 e. The predicted octanol–water partition coefficient (Wildman–Crippen LogP) is 1.02. The van der Waals surface area contributed by atoms with E-state index in [1.165, 1.54) is 6.42 Å². The molecule has 0 aromatic rings. The highest BCUT2D eigenvalue weighted by Gasteiger charge is 2.07. The van der Waals surface area contributed by atoms with Gasteiger partial charge in [-0.2, -0.15) is 0 Å². The van der Waals surface area contributed by atoms with Gasteiger partial charge in [-0.05, 0) is 12.8 Å². The molecule has 0 unspecified atom stereocenters. The van der Waals surface area contributed by atoms with Gasteiger partial charge >= 0.3 is 0 Å². The van der Waals surface area contributed by atoms with E-state index in [1.807, 2.05) is 0 Å². The molecule has 0 bridgehead atoms. The van der Waals surface area contributed by atoms with Crippen LogP contribution in [0.2, 0.25) is 0 Å². The summed E-state index contributed by atoms with van der Waals surface area (Å²) in [7, 11) is 0. The Labute approximate surface area is 81.5 Å². The summed E-state index contributed by atoms with van der Waals surface area (Å²) in [5.74, 6) is 0.706. The van der Waals surface area contributed by atoms with Crippen molar-refractivity contribution in [3.05, 3.63) is 0 Å². The van der Waals surface area contributed by atoms with Gasteiger partial charge < -0.3 is 15.2 Å². The molecule has 0 aliphatic carbocycles. The number of rotatable bonds is 8. The molecule has 3 heteroatoms. The molecule has 3 nitrogen and oxygen atoms in total. The van der Waals surface area contributed by atoms with Crippen LogP contribution in [0.15, 0.2) is 0 Å². The molecule has 0 saturated carbocycles. The summed E-state index contributed by atoms with van der Waals surface area (Å²) in [6.45, 7) is 8.74. The largest absolute Gasteiger partial charge is 0.394 e. The van der Waals surface area contributed by atoms with Crippen LogP contribution in [0, 0.1) is 5.92 Å². The number of hydrogen-bond acceptors (Lipinski definition) is 3. The van der Waals surface area contributed by atoms with E-state index >= 15 is 0 Å². The summed E-state index contributed by atoms with van der Waals surface area (Å²) < 4.78 is 5.13. The Morgan fingerprint density at radius 1 is 1.31 bits per heavy atom. The normalized spacial score (nSPS) is 15.7. The first-order valence-corrected chi connectivity index (χ1v) is 5.14. The number of aliphatic hydroxyl groups excluding tert-OH is 1. The van der Waals surface area contributed by atoms with Gasteiger partial charge in [-0.25, -0.2) is 0 Å². The molecular weight excluding hydrogens is 166 g/mol. The Morgan fingerprint density at radius 3 is 2.54 bits per heavy atom. The van der Waals surface area contributed by atoms with E-state index in [0.29, 0.717) is 25.2 Å². The summed E-state index contributed by atoms with van der Waals surface area (Å²) in [5, 5.41) is 11.8. The van der Waals surface area contributed by atoms with Gasteiger partial charge in [0.1, 0.15) is 0 Å². The summed E-state index contributed by atoms with van der Waals surface area (Å²) in [4.78, 5) is 0. The molecule has 0 saturated heterocycles. The highest BCUT2D eigenvalue weighted by Crippen LogP contribution is 2.05. The molecule has 80 valence electrons. The van der Waals surface area contributed by atoms with Crippen LogP contribution in [0.25, 0.3) is 0 Å². The second-order valence-electron chi connectivity index (χ2n) is 3.46. The summed E-state index contributed by atoms with van der Waals surface area (Å²) in [6.07, 6.45) is 1.20. The first-order chi connectivity index (χ1) is 6.22. The van der Waals surface area contributed by atoms with Crippen LogP contribution >= 0.6 is 0 Å². The third kappa shape index (κ3) is 6.99. The zero-order valence-corrected chi connectivity index (χ0v) is 9.05. The zero-order chi connectivity index (χ0) is 10.1. The molecule has 2 atom stereocenters. The average molecular weight is 189 g/mol. The second kappa shape index (κ2) is 8.48. The molecular formula is C10H23NO2. The first-order valence-electron chi connectivity index (χ1n) is 5.14. The van der Waals surface area contributed by atoms with Crippen LogP contribution in [-0.4, -0.2) is 37.5 Å². The van der Waals surface area contributed by atoms with Crippen LogP contribution in [0.3, 0.4) is 0 Å². The van der Waals surface area contributed by atoms with Gasteiger partial charge in [-0.15, -0.1) is 0 Å². The number of aliphatic hydroxyl groups is 1. The maximum atomic E-state index is 8.46. The summed E-state index contributed by atoms with van der Waals surface area (Å²) in [6, 6.07) is 0.544. The third-order valence-corrected chi connectivity index (χ3v) is 2.45. The maximum absolute atomic E-state index is 8.46. The fraction of sp³-hybridized carbons (Fsp3) is 1.00. The Bertz CT molecular complexity index is 109. The van der Waals surface area contributed by atoms with Gasteiger partial charge in [-0.3, -0.25) is 0 Å². The van der Waals surface area contributed by atoms with Crippen molar-refractivity contribution in [2.45, 2.75) is 33.2 Å². The molecule has 0 aliphatic heterocycles. The predicted molar refractivity (Wildman–Crippen MR) is 54.8 cm³/mol. The number of nitrogens with one attached hydrogen (secondary N) is 1. The van der Waals surface area contributed by atoms with Crippen molar-refractivity contribution in [1.82, 2.24) is 5.32 Å². The SMILES string of the molecule is CC[C@H](C)[C@@H](C)NCCOCCO. The molecule has 0 amide bonds.